The van der Waals surface area contributed by atoms with Gasteiger partial charge in [0.1, 0.15) is 17.1 Å². The standard InChI is InChI=1S/C18H27N3O3/c1-4-16-20-17(24-21-16)13-6-8-14(9-7-13)19-11-18(3,22)15-10-5-12(2)23-15/h5,10,13-14,19,22H,4,6-9,11H2,1-3H3/t13?,14?,18-/m1/s1. The topological polar surface area (TPSA) is 84.3 Å². The minimum absolute atomic E-state index is 0.365. The van der Waals surface area contributed by atoms with Crippen LogP contribution in [0, 0.1) is 6.92 Å². The van der Waals surface area contributed by atoms with E-state index in [0.717, 1.165) is 49.6 Å². The summed E-state index contributed by atoms with van der Waals surface area (Å²) in [7, 11) is 0. The molecule has 24 heavy (non-hydrogen) atoms. The highest BCUT2D eigenvalue weighted by Crippen LogP contribution is 2.32. The molecule has 0 unspecified atom stereocenters. The number of aryl methyl sites for hydroxylation is 2. The normalized spacial score (nSPS) is 24.0. The Morgan fingerprint density at radius 3 is 2.62 bits per heavy atom. The maximum atomic E-state index is 10.6. The highest BCUT2D eigenvalue weighted by atomic mass is 16.5. The van der Waals surface area contributed by atoms with Gasteiger partial charge in [-0.1, -0.05) is 12.1 Å². The van der Waals surface area contributed by atoms with Crippen molar-refractivity contribution in [2.75, 3.05) is 6.54 Å². The highest BCUT2D eigenvalue weighted by Gasteiger charge is 2.30. The summed E-state index contributed by atoms with van der Waals surface area (Å²) in [4.78, 5) is 4.45. The molecule has 1 aliphatic rings. The summed E-state index contributed by atoms with van der Waals surface area (Å²) in [5, 5.41) is 18.1. The van der Waals surface area contributed by atoms with Crippen molar-refractivity contribution in [3.63, 3.8) is 0 Å². The number of nitrogens with zero attached hydrogens (tertiary/aromatic N) is 2. The predicted molar refractivity (Wildman–Crippen MR) is 89.7 cm³/mol. The molecular formula is C18H27N3O3. The molecule has 6 heteroatoms. The van der Waals surface area contributed by atoms with E-state index < -0.39 is 5.60 Å². The van der Waals surface area contributed by atoms with E-state index in [9.17, 15) is 5.11 Å². The third kappa shape index (κ3) is 3.87. The molecule has 1 saturated carbocycles. The monoisotopic (exact) mass is 333 g/mol. The van der Waals surface area contributed by atoms with Crippen molar-refractivity contribution >= 4 is 0 Å². The molecule has 0 radical (unpaired) electrons. The molecule has 0 saturated heterocycles. The average Bonchev–Trinajstić information content (AvgIpc) is 3.23. The molecule has 0 spiro atoms. The molecule has 2 N–H and O–H groups in total. The van der Waals surface area contributed by atoms with Crippen molar-refractivity contribution in [2.45, 2.75) is 70.4 Å². The summed E-state index contributed by atoms with van der Waals surface area (Å²) in [6.45, 7) is 6.18. The van der Waals surface area contributed by atoms with Gasteiger partial charge in [-0.2, -0.15) is 4.98 Å². The Balaban J connectivity index is 1.48. The zero-order valence-electron chi connectivity index (χ0n) is 14.7. The predicted octanol–water partition coefficient (Wildman–Crippen LogP) is 3.06. The van der Waals surface area contributed by atoms with E-state index in [1.165, 1.54) is 0 Å². The Kier molecular flexibility index (Phi) is 5.06. The molecule has 2 heterocycles. The van der Waals surface area contributed by atoms with E-state index >= 15 is 0 Å². The lowest BCUT2D eigenvalue weighted by Crippen LogP contribution is -2.42. The number of hydrogen-bond acceptors (Lipinski definition) is 6. The number of nitrogens with one attached hydrogen (secondary N) is 1. The van der Waals surface area contributed by atoms with Crippen LogP contribution in [-0.2, 0) is 12.0 Å². The van der Waals surface area contributed by atoms with Gasteiger partial charge in [0.25, 0.3) is 0 Å². The Hall–Kier alpha value is -1.66. The average molecular weight is 333 g/mol. The first-order valence-corrected chi connectivity index (χ1v) is 8.83. The lowest BCUT2D eigenvalue weighted by molar-refractivity contribution is 0.0292. The molecular weight excluding hydrogens is 306 g/mol. The molecule has 3 rings (SSSR count). The lowest BCUT2D eigenvalue weighted by Gasteiger charge is -2.30. The van der Waals surface area contributed by atoms with E-state index in [1.54, 1.807) is 6.92 Å². The van der Waals surface area contributed by atoms with Crippen LogP contribution in [0.4, 0.5) is 0 Å². The summed E-state index contributed by atoms with van der Waals surface area (Å²) in [6, 6.07) is 4.12. The van der Waals surface area contributed by atoms with Crippen LogP contribution in [0.3, 0.4) is 0 Å². The van der Waals surface area contributed by atoms with Crippen molar-refractivity contribution in [3.05, 3.63) is 35.4 Å². The van der Waals surface area contributed by atoms with Crippen molar-refractivity contribution in [1.82, 2.24) is 15.5 Å². The SMILES string of the molecule is CCc1noc(C2CCC(NC[C@@](C)(O)c3ccc(C)o3)CC2)n1. The van der Waals surface area contributed by atoms with Crippen molar-refractivity contribution in [1.29, 1.82) is 0 Å². The van der Waals surface area contributed by atoms with Crippen molar-refractivity contribution in [3.8, 4) is 0 Å². The summed E-state index contributed by atoms with van der Waals surface area (Å²) < 4.78 is 10.9. The summed E-state index contributed by atoms with van der Waals surface area (Å²) in [5.74, 6) is 3.36. The fraction of sp³-hybridized carbons (Fsp3) is 0.667. The molecule has 0 aromatic carbocycles. The fourth-order valence-corrected chi connectivity index (χ4v) is 3.28. The van der Waals surface area contributed by atoms with Gasteiger partial charge in [-0.3, -0.25) is 0 Å². The van der Waals surface area contributed by atoms with Gasteiger partial charge in [0.05, 0.1) is 0 Å². The second kappa shape index (κ2) is 7.07. The minimum atomic E-state index is -0.992. The molecule has 0 aliphatic heterocycles. The van der Waals surface area contributed by atoms with Crippen LogP contribution < -0.4 is 5.32 Å². The minimum Gasteiger partial charge on any atom is -0.463 e. The number of aliphatic hydroxyl groups is 1. The summed E-state index contributed by atoms with van der Waals surface area (Å²) in [5.41, 5.74) is -0.992. The van der Waals surface area contributed by atoms with Crippen LogP contribution in [0.2, 0.25) is 0 Å². The molecule has 1 fully saturated rings. The quantitative estimate of drug-likeness (QED) is 0.845. The Morgan fingerprint density at radius 2 is 2.04 bits per heavy atom. The van der Waals surface area contributed by atoms with Crippen molar-refractivity contribution in [2.24, 2.45) is 0 Å². The van der Waals surface area contributed by atoms with E-state index in [0.29, 0.717) is 24.3 Å². The fourth-order valence-electron chi connectivity index (χ4n) is 3.28. The van der Waals surface area contributed by atoms with Gasteiger partial charge in [0.15, 0.2) is 5.82 Å². The molecule has 0 amide bonds. The van der Waals surface area contributed by atoms with Crippen LogP contribution in [-0.4, -0.2) is 27.8 Å². The first-order chi connectivity index (χ1) is 11.5. The van der Waals surface area contributed by atoms with E-state index in [1.807, 2.05) is 26.0 Å². The molecule has 6 nitrogen and oxygen atoms in total. The van der Waals surface area contributed by atoms with Crippen LogP contribution in [0.1, 0.15) is 68.7 Å². The molecule has 132 valence electrons. The number of hydrogen-bond donors (Lipinski definition) is 2. The number of furan rings is 1. The molecule has 0 bridgehead atoms. The zero-order valence-corrected chi connectivity index (χ0v) is 14.7. The lowest BCUT2D eigenvalue weighted by atomic mass is 9.85. The molecule has 1 atom stereocenters. The second-order valence-electron chi connectivity index (χ2n) is 7.02. The highest BCUT2D eigenvalue weighted by molar-refractivity contribution is 5.13. The second-order valence-corrected chi connectivity index (χ2v) is 7.02. The molecule has 2 aromatic heterocycles. The van der Waals surface area contributed by atoms with E-state index in [2.05, 4.69) is 15.5 Å². The van der Waals surface area contributed by atoms with Crippen molar-refractivity contribution < 1.29 is 14.0 Å². The maximum absolute atomic E-state index is 10.6. The zero-order chi connectivity index (χ0) is 17.2. The van der Waals surface area contributed by atoms with Crippen LogP contribution in [0.25, 0.3) is 0 Å². The summed E-state index contributed by atoms with van der Waals surface area (Å²) >= 11 is 0. The van der Waals surface area contributed by atoms with E-state index in [-0.39, 0.29) is 0 Å². The van der Waals surface area contributed by atoms with Gasteiger partial charge >= 0.3 is 0 Å². The Labute approximate surface area is 142 Å². The number of aromatic nitrogens is 2. The van der Waals surface area contributed by atoms with E-state index in [4.69, 9.17) is 8.94 Å². The summed E-state index contributed by atoms with van der Waals surface area (Å²) in [6.07, 6.45) is 4.96. The smallest absolute Gasteiger partial charge is 0.229 e. The number of rotatable bonds is 6. The molecule has 1 aliphatic carbocycles. The third-order valence-electron chi connectivity index (χ3n) is 4.88. The molecule has 2 aromatic rings. The third-order valence-corrected chi connectivity index (χ3v) is 4.88. The van der Waals surface area contributed by atoms with Gasteiger partial charge in [-0.25, -0.2) is 0 Å². The van der Waals surface area contributed by atoms with Crippen LogP contribution in [0.15, 0.2) is 21.1 Å². The Bertz CT molecular complexity index is 654. The maximum Gasteiger partial charge on any atom is 0.229 e. The Morgan fingerprint density at radius 1 is 1.29 bits per heavy atom. The van der Waals surface area contributed by atoms with Crippen LogP contribution in [0.5, 0.6) is 0 Å². The van der Waals surface area contributed by atoms with Gasteiger partial charge in [0, 0.05) is 24.9 Å². The van der Waals surface area contributed by atoms with Gasteiger partial charge in [0.2, 0.25) is 5.89 Å². The first kappa shape index (κ1) is 17.2. The van der Waals surface area contributed by atoms with Crippen LogP contribution >= 0.6 is 0 Å². The van der Waals surface area contributed by atoms with Gasteiger partial charge < -0.3 is 19.4 Å². The van der Waals surface area contributed by atoms with Gasteiger partial charge in [-0.15, -0.1) is 0 Å². The largest absolute Gasteiger partial charge is 0.463 e. The first-order valence-electron chi connectivity index (χ1n) is 8.83. The van der Waals surface area contributed by atoms with Gasteiger partial charge in [-0.05, 0) is 51.7 Å².